The molecule has 0 amide bonds. The molecule has 21 heavy (non-hydrogen) atoms. The van der Waals surface area contributed by atoms with E-state index in [1.54, 1.807) is 0 Å². The number of benzene rings is 1. The standard InChI is InChI=1S/C9H7N5O6S/c10-9-11(1-2-21-9)8-6(13(17)18)3-5(12(15)16)4-7(8)14(19)20/h3-4,10H,1-2H2. The van der Waals surface area contributed by atoms with Gasteiger partial charge < -0.3 is 4.90 Å². The number of nitrogens with one attached hydrogen (secondary N) is 1. The highest BCUT2D eigenvalue weighted by Gasteiger charge is 2.37. The molecular formula is C9H7N5O6S. The van der Waals surface area contributed by atoms with Crippen LogP contribution in [0, 0.1) is 35.8 Å². The third-order valence-electron chi connectivity index (χ3n) is 2.73. The minimum absolute atomic E-state index is 0.0740. The average Bonchev–Trinajstić information content (AvgIpc) is 2.82. The number of thioether (sulfide) groups is 1. The highest BCUT2D eigenvalue weighted by molar-refractivity contribution is 8.14. The predicted octanol–water partition coefficient (Wildman–Crippen LogP) is 1.90. The summed E-state index contributed by atoms with van der Waals surface area (Å²) in [5.41, 5.74) is -2.66. The van der Waals surface area contributed by atoms with Crippen molar-refractivity contribution in [1.29, 1.82) is 5.41 Å². The first kappa shape index (κ1) is 14.6. The van der Waals surface area contributed by atoms with Crippen LogP contribution in [0.15, 0.2) is 12.1 Å². The Balaban J connectivity index is 2.76. The van der Waals surface area contributed by atoms with E-state index in [1.165, 1.54) is 0 Å². The molecule has 11 nitrogen and oxygen atoms in total. The fourth-order valence-corrected chi connectivity index (χ4v) is 2.68. The zero-order chi connectivity index (χ0) is 15.7. The molecule has 1 N–H and O–H groups in total. The number of nitrogens with zero attached hydrogens (tertiary/aromatic N) is 4. The molecule has 1 saturated heterocycles. The smallest absolute Gasteiger partial charge is 0.306 e. The largest absolute Gasteiger partial charge is 0.309 e. The van der Waals surface area contributed by atoms with Gasteiger partial charge in [0.1, 0.15) is 0 Å². The number of nitro benzene ring substituents is 3. The lowest BCUT2D eigenvalue weighted by Gasteiger charge is -2.16. The molecule has 0 spiro atoms. The Hall–Kier alpha value is -2.76. The van der Waals surface area contributed by atoms with Gasteiger partial charge in [0.2, 0.25) is 5.69 Å². The van der Waals surface area contributed by atoms with Crippen molar-refractivity contribution in [3.63, 3.8) is 0 Å². The molecule has 1 heterocycles. The number of anilines is 1. The number of hydrogen-bond acceptors (Lipinski definition) is 8. The molecule has 0 saturated carbocycles. The van der Waals surface area contributed by atoms with Crippen LogP contribution >= 0.6 is 11.8 Å². The van der Waals surface area contributed by atoms with Gasteiger partial charge in [-0.05, 0) is 0 Å². The van der Waals surface area contributed by atoms with Gasteiger partial charge in [0.25, 0.3) is 5.69 Å². The minimum atomic E-state index is -0.937. The van der Waals surface area contributed by atoms with E-state index in [1.807, 2.05) is 0 Å². The molecular weight excluding hydrogens is 306 g/mol. The Labute approximate surface area is 120 Å². The van der Waals surface area contributed by atoms with Gasteiger partial charge in [0, 0.05) is 12.3 Å². The first-order valence-electron chi connectivity index (χ1n) is 5.43. The van der Waals surface area contributed by atoms with Crippen molar-refractivity contribution < 1.29 is 14.8 Å². The fourth-order valence-electron chi connectivity index (χ4n) is 1.88. The van der Waals surface area contributed by atoms with E-state index in [0.717, 1.165) is 16.7 Å². The van der Waals surface area contributed by atoms with Crippen LogP contribution in [0.5, 0.6) is 0 Å². The van der Waals surface area contributed by atoms with Crippen LogP contribution in [-0.2, 0) is 0 Å². The van der Waals surface area contributed by atoms with Crippen molar-refractivity contribution in [2.45, 2.75) is 0 Å². The fraction of sp³-hybridized carbons (Fsp3) is 0.222. The van der Waals surface area contributed by atoms with Gasteiger partial charge in [-0.25, -0.2) is 0 Å². The van der Waals surface area contributed by atoms with Gasteiger partial charge >= 0.3 is 11.4 Å². The number of rotatable bonds is 4. The second-order valence-corrected chi connectivity index (χ2v) is 4.99. The number of amidine groups is 1. The van der Waals surface area contributed by atoms with Gasteiger partial charge in [-0.15, -0.1) is 0 Å². The maximum atomic E-state index is 11.1. The minimum Gasteiger partial charge on any atom is -0.309 e. The Morgan fingerprint density at radius 3 is 1.90 bits per heavy atom. The summed E-state index contributed by atoms with van der Waals surface area (Å²) in [5.74, 6) is 0.449. The topological polar surface area (TPSA) is 157 Å². The SMILES string of the molecule is N=C1SCCN1c1c([N+](=O)[O-])cc([N+](=O)[O-])cc1[N+](=O)[O-]. The molecule has 1 aromatic carbocycles. The van der Waals surface area contributed by atoms with Crippen LogP contribution in [0.4, 0.5) is 22.7 Å². The van der Waals surface area contributed by atoms with Gasteiger partial charge in [0.15, 0.2) is 5.17 Å². The second-order valence-electron chi connectivity index (χ2n) is 3.91. The Kier molecular flexibility index (Phi) is 3.71. The van der Waals surface area contributed by atoms with Crippen molar-refractivity contribution in [3.8, 4) is 0 Å². The monoisotopic (exact) mass is 313 g/mol. The summed E-state index contributed by atoms with van der Waals surface area (Å²) in [6, 6.07) is 1.33. The van der Waals surface area contributed by atoms with Crippen molar-refractivity contribution in [2.24, 2.45) is 0 Å². The highest BCUT2D eigenvalue weighted by atomic mass is 32.2. The van der Waals surface area contributed by atoms with E-state index < -0.39 is 37.5 Å². The lowest BCUT2D eigenvalue weighted by atomic mass is 10.2. The zero-order valence-electron chi connectivity index (χ0n) is 10.2. The van der Waals surface area contributed by atoms with Crippen LogP contribution in [-0.4, -0.2) is 32.2 Å². The molecule has 2 rings (SSSR count). The third kappa shape index (κ3) is 2.60. The predicted molar refractivity (Wildman–Crippen MR) is 73.9 cm³/mol. The lowest BCUT2D eigenvalue weighted by Crippen LogP contribution is -2.24. The summed E-state index contributed by atoms with van der Waals surface area (Å²) >= 11 is 1.08. The van der Waals surface area contributed by atoms with Crippen LogP contribution in [0.25, 0.3) is 0 Å². The van der Waals surface area contributed by atoms with Crippen LogP contribution < -0.4 is 4.90 Å². The molecule has 0 atom stereocenters. The summed E-state index contributed by atoms with van der Waals surface area (Å²) < 4.78 is 0. The van der Waals surface area contributed by atoms with E-state index in [4.69, 9.17) is 5.41 Å². The van der Waals surface area contributed by atoms with E-state index in [-0.39, 0.29) is 11.7 Å². The molecule has 0 bridgehead atoms. The third-order valence-corrected chi connectivity index (χ3v) is 3.61. The van der Waals surface area contributed by atoms with Crippen molar-refractivity contribution in [3.05, 3.63) is 42.5 Å². The van der Waals surface area contributed by atoms with Gasteiger partial charge in [-0.1, -0.05) is 11.8 Å². The normalized spacial score (nSPS) is 14.3. The zero-order valence-corrected chi connectivity index (χ0v) is 11.0. The van der Waals surface area contributed by atoms with E-state index in [0.29, 0.717) is 17.9 Å². The lowest BCUT2D eigenvalue weighted by molar-refractivity contribution is -0.402. The molecule has 1 aromatic rings. The van der Waals surface area contributed by atoms with Crippen LogP contribution in [0.1, 0.15) is 0 Å². The summed E-state index contributed by atoms with van der Waals surface area (Å²) in [6.45, 7) is 0.184. The molecule has 0 radical (unpaired) electrons. The average molecular weight is 313 g/mol. The number of hydrogen-bond donors (Lipinski definition) is 1. The summed E-state index contributed by atoms with van der Waals surface area (Å²) in [6.07, 6.45) is 0. The second kappa shape index (κ2) is 5.32. The van der Waals surface area contributed by atoms with E-state index in [9.17, 15) is 30.3 Å². The molecule has 1 fully saturated rings. The van der Waals surface area contributed by atoms with Crippen molar-refractivity contribution in [2.75, 3.05) is 17.2 Å². The maximum Gasteiger partial charge on any atom is 0.306 e. The van der Waals surface area contributed by atoms with Crippen LogP contribution in [0.2, 0.25) is 0 Å². The van der Waals surface area contributed by atoms with Gasteiger partial charge in [0.05, 0.1) is 26.9 Å². The number of nitro groups is 3. The van der Waals surface area contributed by atoms with Crippen LogP contribution in [0.3, 0.4) is 0 Å². The quantitative estimate of drug-likeness (QED) is 0.652. The Bertz CT molecular complexity index is 642. The molecule has 0 aliphatic carbocycles. The number of non-ortho nitro benzene ring substituents is 1. The summed E-state index contributed by atoms with van der Waals surface area (Å²) in [5, 5.41) is 40.5. The first-order chi connectivity index (χ1) is 9.82. The Morgan fingerprint density at radius 2 is 1.57 bits per heavy atom. The summed E-state index contributed by atoms with van der Waals surface area (Å²) in [7, 11) is 0. The molecule has 12 heteroatoms. The molecule has 0 aromatic heterocycles. The van der Waals surface area contributed by atoms with E-state index >= 15 is 0 Å². The molecule has 1 aliphatic heterocycles. The van der Waals surface area contributed by atoms with E-state index in [2.05, 4.69) is 0 Å². The maximum absolute atomic E-state index is 11.1. The summed E-state index contributed by atoms with van der Waals surface area (Å²) in [4.78, 5) is 31.3. The van der Waals surface area contributed by atoms with Gasteiger partial charge in [-0.2, -0.15) is 0 Å². The molecule has 1 aliphatic rings. The Morgan fingerprint density at radius 1 is 1.05 bits per heavy atom. The highest BCUT2D eigenvalue weighted by Crippen LogP contribution is 2.43. The van der Waals surface area contributed by atoms with Gasteiger partial charge in [-0.3, -0.25) is 35.8 Å². The molecule has 110 valence electrons. The molecule has 0 unspecified atom stereocenters. The first-order valence-corrected chi connectivity index (χ1v) is 6.41. The van der Waals surface area contributed by atoms with Crippen molar-refractivity contribution in [1.82, 2.24) is 0 Å². The van der Waals surface area contributed by atoms with Crippen molar-refractivity contribution >= 4 is 39.7 Å².